The number of amides is 1. The Kier molecular flexibility index (Phi) is 3.69. The maximum absolute atomic E-state index is 13.9. The molecule has 0 radical (unpaired) electrons. The Morgan fingerprint density at radius 3 is 2.55 bits per heavy atom. The second-order valence-electron chi connectivity index (χ2n) is 5.82. The van der Waals surface area contributed by atoms with Crippen LogP contribution in [-0.4, -0.2) is 47.9 Å². The number of nitrogens with two attached hydrogens (primary N) is 1. The molecule has 1 amide bonds. The van der Waals surface area contributed by atoms with Gasteiger partial charge in [0.15, 0.2) is 5.82 Å². The van der Waals surface area contributed by atoms with Crippen molar-refractivity contribution in [3.8, 4) is 0 Å². The summed E-state index contributed by atoms with van der Waals surface area (Å²) in [6, 6.07) is 1.78. The van der Waals surface area contributed by atoms with Crippen LogP contribution >= 0.6 is 0 Å². The monoisotopic (exact) mass is 283 g/mol. The maximum atomic E-state index is 13.9. The normalized spacial score (nSPS) is 19.1. The van der Waals surface area contributed by atoms with Gasteiger partial charge in [0.25, 0.3) is 5.91 Å². The summed E-state index contributed by atoms with van der Waals surface area (Å²) in [6.07, 6.45) is 0. The fraction of sp³-hybridized carbons (Fsp3) is 0.500. The van der Waals surface area contributed by atoms with Crippen LogP contribution in [0.15, 0.2) is 12.1 Å². The molecule has 1 fully saturated rings. The second-order valence-corrected chi connectivity index (χ2v) is 5.82. The number of anilines is 1. The third-order valence-electron chi connectivity index (χ3n) is 3.90. The Morgan fingerprint density at radius 2 is 1.95 bits per heavy atom. The number of carbonyl (C=O) groups is 1. The van der Waals surface area contributed by atoms with Gasteiger partial charge < -0.3 is 10.6 Å². The first kappa shape index (κ1) is 14.7. The highest BCUT2D eigenvalue weighted by Gasteiger charge is 2.34. The van der Waals surface area contributed by atoms with Gasteiger partial charge in [0.2, 0.25) is 0 Å². The molecule has 1 aromatic carbocycles. The molecular formula is C14H19F2N3O. The lowest BCUT2D eigenvalue weighted by Gasteiger charge is -2.45. The van der Waals surface area contributed by atoms with Gasteiger partial charge in [-0.05, 0) is 33.0 Å². The standard InChI is InChI=1S/C14H19F2N3O/c1-14(2)8-19(5-4-18(14)3)13(20)10-6-9(15)7-11(17)12(10)16/h6-7H,4-5,8,17H2,1-3H3. The van der Waals surface area contributed by atoms with E-state index in [1.165, 1.54) is 4.90 Å². The van der Waals surface area contributed by atoms with Crippen molar-refractivity contribution >= 4 is 11.6 Å². The highest BCUT2D eigenvalue weighted by molar-refractivity contribution is 5.95. The molecule has 1 saturated heterocycles. The third-order valence-corrected chi connectivity index (χ3v) is 3.90. The van der Waals surface area contributed by atoms with Crippen LogP contribution in [-0.2, 0) is 0 Å². The molecule has 2 N–H and O–H groups in total. The van der Waals surface area contributed by atoms with Gasteiger partial charge >= 0.3 is 0 Å². The summed E-state index contributed by atoms with van der Waals surface area (Å²) in [5, 5.41) is 0. The summed E-state index contributed by atoms with van der Waals surface area (Å²) in [4.78, 5) is 16.0. The van der Waals surface area contributed by atoms with Gasteiger partial charge in [-0.2, -0.15) is 0 Å². The van der Waals surface area contributed by atoms with Crippen molar-refractivity contribution in [2.45, 2.75) is 19.4 Å². The Morgan fingerprint density at radius 1 is 1.30 bits per heavy atom. The van der Waals surface area contributed by atoms with Crippen LogP contribution < -0.4 is 5.73 Å². The van der Waals surface area contributed by atoms with Crippen LogP contribution in [0.1, 0.15) is 24.2 Å². The first-order chi connectivity index (χ1) is 9.22. The van der Waals surface area contributed by atoms with Crippen molar-refractivity contribution in [2.24, 2.45) is 0 Å². The summed E-state index contributed by atoms with van der Waals surface area (Å²) in [5.41, 5.74) is 4.52. The Labute approximate surface area is 117 Å². The van der Waals surface area contributed by atoms with E-state index >= 15 is 0 Å². The maximum Gasteiger partial charge on any atom is 0.257 e. The smallest absolute Gasteiger partial charge is 0.257 e. The zero-order valence-corrected chi connectivity index (χ0v) is 11.9. The van der Waals surface area contributed by atoms with Crippen molar-refractivity contribution < 1.29 is 13.6 Å². The topological polar surface area (TPSA) is 49.6 Å². The number of halogens is 2. The van der Waals surface area contributed by atoms with Gasteiger partial charge in [-0.25, -0.2) is 8.78 Å². The van der Waals surface area contributed by atoms with Gasteiger partial charge in [0.1, 0.15) is 5.82 Å². The molecule has 0 aliphatic carbocycles. The second kappa shape index (κ2) is 5.01. The fourth-order valence-corrected chi connectivity index (χ4v) is 2.35. The number of piperazine rings is 1. The molecule has 1 aromatic rings. The largest absolute Gasteiger partial charge is 0.396 e. The van der Waals surface area contributed by atoms with E-state index < -0.39 is 17.5 Å². The van der Waals surface area contributed by atoms with E-state index in [9.17, 15) is 13.6 Å². The number of hydrogen-bond donors (Lipinski definition) is 1. The minimum Gasteiger partial charge on any atom is -0.396 e. The summed E-state index contributed by atoms with van der Waals surface area (Å²) in [6.45, 7) is 5.63. The van der Waals surface area contributed by atoms with Crippen molar-refractivity contribution in [2.75, 3.05) is 32.4 Å². The molecule has 20 heavy (non-hydrogen) atoms. The van der Waals surface area contributed by atoms with Gasteiger partial charge in [0, 0.05) is 25.2 Å². The van der Waals surface area contributed by atoms with Crippen LogP contribution in [0.5, 0.6) is 0 Å². The zero-order chi connectivity index (χ0) is 15.1. The lowest BCUT2D eigenvalue weighted by molar-refractivity contribution is 0.0308. The van der Waals surface area contributed by atoms with Crippen LogP contribution in [0.3, 0.4) is 0 Å². The van der Waals surface area contributed by atoms with E-state index in [4.69, 9.17) is 5.73 Å². The molecule has 0 saturated carbocycles. The summed E-state index contributed by atoms with van der Waals surface area (Å²) < 4.78 is 27.2. The van der Waals surface area contributed by atoms with Gasteiger partial charge in [-0.15, -0.1) is 0 Å². The Balaban J connectivity index is 2.29. The molecule has 0 spiro atoms. The Bertz CT molecular complexity index is 545. The van der Waals surface area contributed by atoms with Crippen LogP contribution in [0.25, 0.3) is 0 Å². The van der Waals surface area contributed by atoms with E-state index in [-0.39, 0.29) is 16.8 Å². The third kappa shape index (κ3) is 2.60. The SMILES string of the molecule is CN1CCN(C(=O)c2cc(F)cc(N)c2F)CC1(C)C. The van der Waals surface area contributed by atoms with E-state index in [2.05, 4.69) is 4.90 Å². The minimum absolute atomic E-state index is 0.205. The predicted octanol–water partition coefficient (Wildman–Crippen LogP) is 1.71. The van der Waals surface area contributed by atoms with Crippen molar-refractivity contribution in [1.29, 1.82) is 0 Å². The number of hydrogen-bond acceptors (Lipinski definition) is 3. The molecule has 0 aromatic heterocycles. The van der Waals surface area contributed by atoms with Crippen molar-refractivity contribution in [1.82, 2.24) is 9.80 Å². The van der Waals surface area contributed by atoms with E-state index in [0.29, 0.717) is 19.6 Å². The van der Waals surface area contributed by atoms with Gasteiger partial charge in [-0.3, -0.25) is 9.69 Å². The van der Waals surface area contributed by atoms with E-state index in [0.717, 1.165) is 12.1 Å². The van der Waals surface area contributed by atoms with E-state index in [1.807, 2.05) is 20.9 Å². The Hall–Kier alpha value is -1.69. The number of likely N-dealkylation sites (N-methyl/N-ethyl adjacent to an activating group) is 1. The molecule has 1 heterocycles. The molecule has 4 nitrogen and oxygen atoms in total. The minimum atomic E-state index is -0.854. The lowest BCUT2D eigenvalue weighted by atomic mass is 9.99. The molecule has 6 heteroatoms. The molecule has 1 aliphatic heterocycles. The quantitative estimate of drug-likeness (QED) is 0.798. The molecule has 110 valence electrons. The summed E-state index contributed by atoms with van der Waals surface area (Å²) >= 11 is 0. The zero-order valence-electron chi connectivity index (χ0n) is 11.9. The molecule has 0 bridgehead atoms. The number of nitrogens with zero attached hydrogens (tertiary/aromatic N) is 2. The molecule has 1 aliphatic rings. The van der Waals surface area contributed by atoms with Crippen LogP contribution in [0, 0.1) is 11.6 Å². The molecule has 0 unspecified atom stereocenters. The number of benzene rings is 1. The summed E-state index contributed by atoms with van der Waals surface area (Å²) in [7, 11) is 1.97. The predicted molar refractivity (Wildman–Crippen MR) is 73.4 cm³/mol. The lowest BCUT2D eigenvalue weighted by Crippen LogP contribution is -2.58. The van der Waals surface area contributed by atoms with E-state index in [1.54, 1.807) is 0 Å². The van der Waals surface area contributed by atoms with Gasteiger partial charge in [-0.1, -0.05) is 0 Å². The fourth-order valence-electron chi connectivity index (χ4n) is 2.35. The molecular weight excluding hydrogens is 264 g/mol. The number of rotatable bonds is 1. The summed E-state index contributed by atoms with van der Waals surface area (Å²) in [5.74, 6) is -2.08. The van der Waals surface area contributed by atoms with Crippen molar-refractivity contribution in [3.05, 3.63) is 29.3 Å². The molecule has 0 atom stereocenters. The average molecular weight is 283 g/mol. The highest BCUT2D eigenvalue weighted by Crippen LogP contribution is 2.23. The first-order valence-electron chi connectivity index (χ1n) is 6.47. The van der Waals surface area contributed by atoms with Crippen molar-refractivity contribution in [3.63, 3.8) is 0 Å². The first-order valence-corrected chi connectivity index (χ1v) is 6.47. The van der Waals surface area contributed by atoms with Gasteiger partial charge in [0.05, 0.1) is 11.3 Å². The number of carbonyl (C=O) groups excluding carboxylic acids is 1. The van der Waals surface area contributed by atoms with Crippen LogP contribution in [0.4, 0.5) is 14.5 Å². The number of nitrogen functional groups attached to an aromatic ring is 1. The van der Waals surface area contributed by atoms with Crippen LogP contribution in [0.2, 0.25) is 0 Å². The molecule has 2 rings (SSSR count). The highest BCUT2D eigenvalue weighted by atomic mass is 19.1. The average Bonchev–Trinajstić information content (AvgIpc) is 2.36.